The van der Waals surface area contributed by atoms with Crippen molar-refractivity contribution >= 4 is 28.2 Å². The highest BCUT2D eigenvalue weighted by molar-refractivity contribution is 6.09. The number of ketones is 2. The van der Waals surface area contributed by atoms with Crippen LogP contribution in [0.4, 0.5) is 5.69 Å². The van der Waals surface area contributed by atoms with E-state index in [0.717, 1.165) is 0 Å². The molecule has 3 aromatic rings. The van der Waals surface area contributed by atoms with E-state index in [1.807, 2.05) is 0 Å². The molecule has 0 unspecified atom stereocenters. The summed E-state index contributed by atoms with van der Waals surface area (Å²) < 4.78 is 1.35. The number of carbonyl (C=O) groups is 2. The van der Waals surface area contributed by atoms with E-state index in [0.29, 0.717) is 27.9 Å². The zero-order valence-corrected chi connectivity index (χ0v) is 15.8. The fourth-order valence-corrected chi connectivity index (χ4v) is 3.02. The average Bonchev–Trinajstić information content (AvgIpc) is 2.66. The fraction of sp³-hybridized carbons (Fsp3) is 0.136. The van der Waals surface area contributed by atoms with Gasteiger partial charge in [0.1, 0.15) is 11.3 Å². The standard InChI is InChI=1S/C22H20N2O4/c1-13(23-16-10-8-15(9-11-16)14(2)25)12-19(26)20-21(27)17-6-4-5-7-18(17)24(3)22(20)28/h4-12,23,27H,1-3H3/b13-12+. The molecule has 1 aromatic heterocycles. The molecule has 28 heavy (non-hydrogen) atoms. The maximum Gasteiger partial charge on any atom is 0.265 e. The second-order valence-corrected chi connectivity index (χ2v) is 6.56. The third-order valence-corrected chi connectivity index (χ3v) is 4.50. The summed E-state index contributed by atoms with van der Waals surface area (Å²) in [5.41, 5.74) is 1.50. The van der Waals surface area contributed by atoms with Crippen molar-refractivity contribution in [1.82, 2.24) is 4.57 Å². The molecule has 6 heteroatoms. The van der Waals surface area contributed by atoms with Crippen molar-refractivity contribution in [3.63, 3.8) is 0 Å². The van der Waals surface area contributed by atoms with Crippen molar-refractivity contribution in [1.29, 1.82) is 0 Å². The minimum Gasteiger partial charge on any atom is -0.506 e. The van der Waals surface area contributed by atoms with Gasteiger partial charge in [-0.25, -0.2) is 0 Å². The van der Waals surface area contributed by atoms with Crippen LogP contribution < -0.4 is 10.9 Å². The molecule has 0 bridgehead atoms. The van der Waals surface area contributed by atoms with Crippen LogP contribution in [0.1, 0.15) is 34.6 Å². The van der Waals surface area contributed by atoms with Gasteiger partial charge < -0.3 is 15.0 Å². The number of Topliss-reactive ketones (excluding diaryl/α,β-unsaturated/α-hetero) is 1. The molecular formula is C22H20N2O4. The van der Waals surface area contributed by atoms with Crippen LogP contribution >= 0.6 is 0 Å². The summed E-state index contributed by atoms with van der Waals surface area (Å²) in [5.74, 6) is -0.940. The molecule has 0 radical (unpaired) electrons. The van der Waals surface area contributed by atoms with Gasteiger partial charge in [-0.3, -0.25) is 14.4 Å². The SMILES string of the molecule is CC(=O)c1ccc(N/C(C)=C/C(=O)c2c(O)c3ccccc3n(C)c2=O)cc1. The second kappa shape index (κ2) is 7.52. The predicted octanol–water partition coefficient (Wildman–Crippen LogP) is 3.65. The van der Waals surface area contributed by atoms with E-state index in [2.05, 4.69) is 5.32 Å². The Morgan fingerprint density at radius 1 is 1.04 bits per heavy atom. The maximum absolute atomic E-state index is 12.7. The monoisotopic (exact) mass is 376 g/mol. The highest BCUT2D eigenvalue weighted by atomic mass is 16.3. The summed E-state index contributed by atoms with van der Waals surface area (Å²) in [6.45, 7) is 3.17. The van der Waals surface area contributed by atoms with Crippen LogP contribution in [-0.2, 0) is 7.05 Å². The van der Waals surface area contributed by atoms with Crippen molar-refractivity contribution in [2.45, 2.75) is 13.8 Å². The number of carbonyl (C=O) groups excluding carboxylic acids is 2. The predicted molar refractivity (Wildman–Crippen MR) is 109 cm³/mol. The van der Waals surface area contributed by atoms with E-state index in [1.54, 1.807) is 62.5 Å². The number of hydrogen-bond acceptors (Lipinski definition) is 5. The van der Waals surface area contributed by atoms with Gasteiger partial charge in [0.2, 0.25) is 0 Å². The minimum absolute atomic E-state index is 0.0309. The summed E-state index contributed by atoms with van der Waals surface area (Å²) in [6, 6.07) is 13.7. The number of anilines is 1. The normalized spacial score (nSPS) is 11.5. The number of nitrogens with zero attached hydrogens (tertiary/aromatic N) is 1. The first-order valence-corrected chi connectivity index (χ1v) is 8.71. The van der Waals surface area contributed by atoms with Crippen molar-refractivity contribution < 1.29 is 14.7 Å². The maximum atomic E-state index is 12.7. The third-order valence-electron chi connectivity index (χ3n) is 4.50. The summed E-state index contributed by atoms with van der Waals surface area (Å²) in [7, 11) is 1.56. The van der Waals surface area contributed by atoms with Gasteiger partial charge >= 0.3 is 0 Å². The third kappa shape index (κ3) is 3.57. The quantitative estimate of drug-likeness (QED) is 0.524. The molecular weight excluding hydrogens is 356 g/mol. The summed E-state index contributed by atoms with van der Waals surface area (Å²) in [5, 5.41) is 14.0. The van der Waals surface area contributed by atoms with Crippen LogP contribution in [0.3, 0.4) is 0 Å². The highest BCUT2D eigenvalue weighted by Gasteiger charge is 2.19. The smallest absolute Gasteiger partial charge is 0.265 e. The van der Waals surface area contributed by atoms with E-state index >= 15 is 0 Å². The molecule has 1 heterocycles. The lowest BCUT2D eigenvalue weighted by molar-refractivity contribution is 0.101. The van der Waals surface area contributed by atoms with Gasteiger partial charge in [0, 0.05) is 35.5 Å². The van der Waals surface area contributed by atoms with Gasteiger partial charge in [-0.2, -0.15) is 0 Å². The average molecular weight is 376 g/mol. The summed E-state index contributed by atoms with van der Waals surface area (Å²) in [6.07, 6.45) is 1.27. The summed E-state index contributed by atoms with van der Waals surface area (Å²) in [4.78, 5) is 36.6. The molecule has 0 saturated heterocycles. The van der Waals surface area contributed by atoms with E-state index in [1.165, 1.54) is 17.6 Å². The fourth-order valence-electron chi connectivity index (χ4n) is 3.02. The number of hydrogen-bond donors (Lipinski definition) is 2. The molecule has 0 saturated carbocycles. The topological polar surface area (TPSA) is 88.4 Å². The molecule has 0 aliphatic carbocycles. The van der Waals surface area contributed by atoms with E-state index in [9.17, 15) is 19.5 Å². The van der Waals surface area contributed by atoms with Crippen molar-refractivity contribution in [3.8, 4) is 5.75 Å². The number of allylic oxidation sites excluding steroid dienone is 2. The molecule has 2 aromatic carbocycles. The van der Waals surface area contributed by atoms with Crippen LogP contribution in [-0.4, -0.2) is 21.2 Å². The van der Waals surface area contributed by atoms with Crippen molar-refractivity contribution in [2.75, 3.05) is 5.32 Å². The number of benzene rings is 2. The van der Waals surface area contributed by atoms with Crippen LogP contribution in [0.25, 0.3) is 10.9 Å². The first-order chi connectivity index (χ1) is 13.3. The highest BCUT2D eigenvalue weighted by Crippen LogP contribution is 2.26. The lowest BCUT2D eigenvalue weighted by atomic mass is 10.1. The molecule has 0 spiro atoms. The van der Waals surface area contributed by atoms with Crippen LogP contribution in [0, 0.1) is 0 Å². The number of fused-ring (bicyclic) bond motifs is 1. The Hall–Kier alpha value is -3.67. The zero-order valence-electron chi connectivity index (χ0n) is 15.8. The molecule has 142 valence electrons. The lowest BCUT2D eigenvalue weighted by Crippen LogP contribution is -2.24. The van der Waals surface area contributed by atoms with Gasteiger partial charge in [0.05, 0.1) is 5.52 Å². The number of aryl methyl sites for hydroxylation is 1. The van der Waals surface area contributed by atoms with Crippen LogP contribution in [0.5, 0.6) is 5.75 Å². The molecule has 6 nitrogen and oxygen atoms in total. The Morgan fingerprint density at radius 2 is 1.68 bits per heavy atom. The Balaban J connectivity index is 1.93. The Morgan fingerprint density at radius 3 is 2.32 bits per heavy atom. The molecule has 3 rings (SSSR count). The second-order valence-electron chi connectivity index (χ2n) is 6.56. The number of nitrogens with one attached hydrogen (secondary N) is 1. The molecule has 0 atom stereocenters. The van der Waals surface area contributed by atoms with E-state index < -0.39 is 11.3 Å². The van der Waals surface area contributed by atoms with Gasteiger partial charge in [-0.1, -0.05) is 12.1 Å². The van der Waals surface area contributed by atoms with Gasteiger partial charge in [0.15, 0.2) is 11.6 Å². The first kappa shape index (κ1) is 19.1. The number of para-hydroxylation sites is 1. The molecule has 0 aliphatic rings. The number of rotatable bonds is 5. The largest absolute Gasteiger partial charge is 0.506 e. The van der Waals surface area contributed by atoms with Crippen LogP contribution in [0.15, 0.2) is 65.1 Å². The van der Waals surface area contributed by atoms with Gasteiger partial charge in [-0.05, 0) is 50.2 Å². The first-order valence-electron chi connectivity index (χ1n) is 8.71. The Bertz CT molecular complexity index is 1170. The minimum atomic E-state index is -0.589. The molecule has 2 N–H and O–H groups in total. The van der Waals surface area contributed by atoms with Crippen molar-refractivity contribution in [3.05, 3.63) is 81.8 Å². The number of pyridine rings is 1. The zero-order chi connectivity index (χ0) is 20.4. The van der Waals surface area contributed by atoms with Crippen LogP contribution in [0.2, 0.25) is 0 Å². The van der Waals surface area contributed by atoms with Crippen molar-refractivity contribution in [2.24, 2.45) is 7.05 Å². The Labute approximate surface area is 161 Å². The molecule has 0 fully saturated rings. The van der Waals surface area contributed by atoms with E-state index in [4.69, 9.17) is 0 Å². The Kier molecular flexibility index (Phi) is 5.13. The summed E-state index contributed by atoms with van der Waals surface area (Å²) >= 11 is 0. The number of aromatic nitrogens is 1. The van der Waals surface area contributed by atoms with Gasteiger partial charge in [-0.15, -0.1) is 0 Å². The molecule has 0 amide bonds. The van der Waals surface area contributed by atoms with Gasteiger partial charge in [0.25, 0.3) is 5.56 Å². The molecule has 0 aliphatic heterocycles. The van der Waals surface area contributed by atoms with E-state index in [-0.39, 0.29) is 17.1 Å². The number of aromatic hydroxyl groups is 1. The lowest BCUT2D eigenvalue weighted by Gasteiger charge is -2.11.